The highest BCUT2D eigenvalue weighted by atomic mass is 32.2. The van der Waals surface area contributed by atoms with Gasteiger partial charge in [-0.3, -0.25) is 14.7 Å². The van der Waals surface area contributed by atoms with Crippen molar-refractivity contribution >= 4 is 29.7 Å². The van der Waals surface area contributed by atoms with Gasteiger partial charge in [-0.2, -0.15) is 0 Å². The van der Waals surface area contributed by atoms with Crippen LogP contribution < -0.4 is 0 Å². The number of rotatable bonds is 8. The molecule has 2 aliphatic rings. The number of amides is 2. The number of piperidine rings is 1. The van der Waals surface area contributed by atoms with Crippen molar-refractivity contribution in [3.8, 4) is 11.4 Å². The van der Waals surface area contributed by atoms with E-state index in [9.17, 15) is 14.4 Å². The summed E-state index contributed by atoms with van der Waals surface area (Å²) in [5.74, 6) is -0.304. The summed E-state index contributed by atoms with van der Waals surface area (Å²) in [5, 5.41) is 0.507. The Hall–Kier alpha value is -3.99. The highest BCUT2D eigenvalue weighted by Gasteiger charge is 2.44. The van der Waals surface area contributed by atoms with E-state index in [0.717, 1.165) is 11.3 Å². The van der Waals surface area contributed by atoms with Crippen LogP contribution in [0.15, 0.2) is 72.1 Å². The molecule has 2 amide bonds. The monoisotopic (exact) mass is 533 g/mol. The molecule has 2 saturated heterocycles. The Morgan fingerprint density at radius 3 is 2.53 bits per heavy atom. The molecule has 38 heavy (non-hydrogen) atoms. The maximum absolute atomic E-state index is 12.9. The smallest absolute Gasteiger partial charge is 0.410 e. The standard InChI is InChI=1S/C27H27N5O5S/c33-24(18-38-26-29-13-9-22(30-26)21-8-4-5-12-28-21)31-14-10-20(11-15-31)32-23(17-37-27(32)35)25(34)36-16-19-6-2-1-3-7-19/h1-9,12-13,20,23H,10-11,14-18H2/t23-/m0/s1. The summed E-state index contributed by atoms with van der Waals surface area (Å²) in [5.41, 5.74) is 2.31. The second-order valence-electron chi connectivity index (χ2n) is 8.93. The fraction of sp³-hybridized carbons (Fsp3) is 0.333. The van der Waals surface area contributed by atoms with Crippen molar-refractivity contribution in [3.63, 3.8) is 0 Å². The Morgan fingerprint density at radius 2 is 1.76 bits per heavy atom. The lowest BCUT2D eigenvalue weighted by atomic mass is 10.0. The van der Waals surface area contributed by atoms with E-state index in [-0.39, 0.29) is 30.9 Å². The predicted octanol–water partition coefficient (Wildman–Crippen LogP) is 3.19. The number of aromatic nitrogens is 3. The molecular formula is C27H27N5O5S. The Balaban J connectivity index is 1.11. The third-order valence-electron chi connectivity index (χ3n) is 6.50. The van der Waals surface area contributed by atoms with E-state index < -0.39 is 18.1 Å². The first-order chi connectivity index (χ1) is 18.6. The Kier molecular flexibility index (Phi) is 8.12. The quantitative estimate of drug-likeness (QED) is 0.245. The van der Waals surface area contributed by atoms with Crippen LogP contribution in [0, 0.1) is 0 Å². The van der Waals surface area contributed by atoms with E-state index >= 15 is 0 Å². The molecule has 1 aromatic carbocycles. The van der Waals surface area contributed by atoms with Crippen LogP contribution in [0.5, 0.6) is 0 Å². The molecule has 2 aliphatic heterocycles. The number of ether oxygens (including phenoxy) is 2. The Labute approximate surface area is 224 Å². The summed E-state index contributed by atoms with van der Waals surface area (Å²) in [6.45, 7) is 1.07. The second kappa shape index (κ2) is 12.0. The number of carbonyl (C=O) groups is 3. The molecule has 2 fully saturated rings. The number of thioether (sulfide) groups is 1. The number of benzene rings is 1. The third-order valence-corrected chi connectivity index (χ3v) is 7.35. The van der Waals surface area contributed by atoms with Crippen molar-refractivity contribution in [1.82, 2.24) is 24.8 Å². The molecule has 0 radical (unpaired) electrons. The fourth-order valence-electron chi connectivity index (χ4n) is 4.52. The first-order valence-electron chi connectivity index (χ1n) is 12.4. The van der Waals surface area contributed by atoms with Crippen LogP contribution in [0.1, 0.15) is 18.4 Å². The predicted molar refractivity (Wildman–Crippen MR) is 139 cm³/mol. The molecule has 5 rings (SSSR count). The zero-order chi connectivity index (χ0) is 26.3. The van der Waals surface area contributed by atoms with Crippen LogP contribution >= 0.6 is 11.8 Å². The number of hydrogen-bond acceptors (Lipinski definition) is 9. The van der Waals surface area contributed by atoms with Gasteiger partial charge in [-0.25, -0.2) is 19.6 Å². The van der Waals surface area contributed by atoms with E-state index in [1.807, 2.05) is 48.5 Å². The number of nitrogens with zero attached hydrogens (tertiary/aromatic N) is 5. The minimum absolute atomic E-state index is 0.0249. The molecule has 0 bridgehead atoms. The molecule has 10 nitrogen and oxygen atoms in total. The van der Waals surface area contributed by atoms with Crippen molar-refractivity contribution in [3.05, 3.63) is 72.6 Å². The molecule has 3 aromatic rings. The fourth-order valence-corrected chi connectivity index (χ4v) is 5.25. The first kappa shape index (κ1) is 25.7. The Morgan fingerprint density at radius 1 is 0.974 bits per heavy atom. The zero-order valence-corrected chi connectivity index (χ0v) is 21.5. The van der Waals surface area contributed by atoms with Crippen LogP contribution in [-0.2, 0) is 25.7 Å². The van der Waals surface area contributed by atoms with E-state index in [4.69, 9.17) is 9.47 Å². The van der Waals surface area contributed by atoms with Gasteiger partial charge >= 0.3 is 12.1 Å². The largest absolute Gasteiger partial charge is 0.459 e. The topological polar surface area (TPSA) is 115 Å². The number of likely N-dealkylation sites (tertiary alicyclic amines) is 1. The Bertz CT molecular complexity index is 1270. The highest BCUT2D eigenvalue weighted by molar-refractivity contribution is 7.99. The summed E-state index contributed by atoms with van der Waals surface area (Å²) in [6.07, 6.45) is 3.96. The van der Waals surface area contributed by atoms with Crippen molar-refractivity contribution in [2.45, 2.75) is 36.7 Å². The van der Waals surface area contributed by atoms with Gasteiger partial charge in [0.15, 0.2) is 11.2 Å². The zero-order valence-electron chi connectivity index (χ0n) is 20.6. The van der Waals surface area contributed by atoms with Crippen LogP contribution in [0.2, 0.25) is 0 Å². The van der Waals surface area contributed by atoms with Crippen LogP contribution in [0.3, 0.4) is 0 Å². The molecule has 0 aliphatic carbocycles. The number of carbonyl (C=O) groups excluding carboxylic acids is 3. The number of esters is 1. The summed E-state index contributed by atoms with van der Waals surface area (Å²) in [6, 6.07) is 15.8. The van der Waals surface area contributed by atoms with Crippen molar-refractivity contribution in [2.24, 2.45) is 0 Å². The molecule has 196 valence electrons. The molecule has 4 heterocycles. The second-order valence-corrected chi connectivity index (χ2v) is 9.88. The SMILES string of the molecule is O=C(OCc1ccccc1)[C@@H]1COC(=O)N1C1CCN(C(=O)CSc2nccc(-c3ccccn3)n2)CC1. The summed E-state index contributed by atoms with van der Waals surface area (Å²) in [4.78, 5) is 54.4. The van der Waals surface area contributed by atoms with Gasteiger partial charge in [0, 0.05) is 31.5 Å². The highest BCUT2D eigenvalue weighted by Crippen LogP contribution is 2.26. The first-order valence-corrected chi connectivity index (χ1v) is 13.4. The number of pyridine rings is 1. The van der Waals surface area contributed by atoms with Crippen LogP contribution in [0.25, 0.3) is 11.4 Å². The molecule has 2 aromatic heterocycles. The molecular weight excluding hydrogens is 506 g/mol. The average molecular weight is 534 g/mol. The van der Waals surface area contributed by atoms with E-state index in [1.54, 1.807) is 23.4 Å². The minimum atomic E-state index is -0.780. The molecule has 11 heteroatoms. The van der Waals surface area contributed by atoms with Gasteiger partial charge in [0.2, 0.25) is 5.91 Å². The van der Waals surface area contributed by atoms with Crippen molar-refractivity contribution in [1.29, 1.82) is 0 Å². The summed E-state index contributed by atoms with van der Waals surface area (Å²) >= 11 is 1.28. The van der Waals surface area contributed by atoms with E-state index in [0.29, 0.717) is 36.8 Å². The molecule has 0 unspecified atom stereocenters. The summed E-state index contributed by atoms with van der Waals surface area (Å²) in [7, 11) is 0. The molecule has 0 N–H and O–H groups in total. The van der Waals surface area contributed by atoms with Gasteiger partial charge < -0.3 is 14.4 Å². The lowest BCUT2D eigenvalue weighted by Crippen LogP contribution is -2.52. The van der Waals surface area contributed by atoms with Gasteiger partial charge in [-0.1, -0.05) is 48.2 Å². The lowest BCUT2D eigenvalue weighted by Gasteiger charge is -2.37. The van der Waals surface area contributed by atoms with Gasteiger partial charge in [0.1, 0.15) is 13.2 Å². The minimum Gasteiger partial charge on any atom is -0.459 e. The van der Waals surface area contributed by atoms with Gasteiger partial charge in [-0.05, 0) is 36.6 Å². The number of hydrogen-bond donors (Lipinski definition) is 0. The van der Waals surface area contributed by atoms with Crippen LogP contribution in [-0.4, -0.2) is 80.3 Å². The van der Waals surface area contributed by atoms with Gasteiger partial charge in [0.25, 0.3) is 0 Å². The van der Waals surface area contributed by atoms with Gasteiger partial charge in [-0.15, -0.1) is 0 Å². The van der Waals surface area contributed by atoms with E-state index in [2.05, 4.69) is 15.0 Å². The lowest BCUT2D eigenvalue weighted by molar-refractivity contribution is -0.150. The molecule has 0 spiro atoms. The summed E-state index contributed by atoms with van der Waals surface area (Å²) < 4.78 is 10.6. The normalized spacial score (nSPS) is 17.8. The van der Waals surface area contributed by atoms with Crippen molar-refractivity contribution < 1.29 is 23.9 Å². The van der Waals surface area contributed by atoms with Crippen molar-refractivity contribution in [2.75, 3.05) is 25.4 Å². The molecule has 1 atom stereocenters. The average Bonchev–Trinajstić information content (AvgIpc) is 3.37. The number of cyclic esters (lactones) is 1. The third kappa shape index (κ3) is 6.10. The van der Waals surface area contributed by atoms with E-state index in [1.165, 1.54) is 16.7 Å². The van der Waals surface area contributed by atoms with Gasteiger partial charge in [0.05, 0.1) is 17.1 Å². The molecule has 0 saturated carbocycles. The maximum atomic E-state index is 12.9. The van der Waals surface area contributed by atoms with Crippen LogP contribution in [0.4, 0.5) is 4.79 Å². The maximum Gasteiger partial charge on any atom is 0.410 e.